The Morgan fingerprint density at radius 2 is 2.13 bits per heavy atom. The van der Waals surface area contributed by atoms with Crippen LogP contribution in [0.25, 0.3) is 10.9 Å². The first kappa shape index (κ1) is 19.5. The molecule has 2 amide bonds. The highest BCUT2D eigenvalue weighted by Crippen LogP contribution is 2.62. The van der Waals surface area contributed by atoms with E-state index in [0.717, 1.165) is 0 Å². The van der Waals surface area contributed by atoms with Crippen molar-refractivity contribution in [1.82, 2.24) is 4.98 Å². The number of carbonyl (C=O) groups excluding carboxylic acids is 2. The molecule has 3 saturated heterocycles. The molecule has 5 rings (SSSR count). The molecule has 3 aliphatic rings. The normalized spacial score (nSPS) is 34.6. The van der Waals surface area contributed by atoms with Gasteiger partial charge in [-0.05, 0) is 44.1 Å². The minimum atomic E-state index is -1.15. The summed E-state index contributed by atoms with van der Waals surface area (Å²) in [7, 11) is 0. The van der Waals surface area contributed by atoms with E-state index in [1.807, 2.05) is 0 Å². The number of imide groups is 1. The van der Waals surface area contributed by atoms with Crippen LogP contribution in [0.5, 0.6) is 0 Å². The fourth-order valence-electron chi connectivity index (χ4n) is 5.52. The zero-order valence-corrected chi connectivity index (χ0v) is 17.0. The van der Waals surface area contributed by atoms with Crippen molar-refractivity contribution in [2.75, 3.05) is 11.5 Å². The Morgan fingerprint density at radius 1 is 1.37 bits per heavy atom. The predicted octanol–water partition coefficient (Wildman–Crippen LogP) is 1.76. The Morgan fingerprint density at radius 3 is 2.87 bits per heavy atom. The Balaban J connectivity index is 1.65. The maximum atomic E-state index is 13.6. The van der Waals surface area contributed by atoms with Crippen molar-refractivity contribution in [2.45, 2.75) is 37.1 Å². The SMILES string of the molecule is C[C@@]12OC(CCOS)(C[C@@H]1O)[C@H]1C(=O)N(c3ccc(C#N)c4ncccc34)C(=O)[C@H]12. The number of aliphatic hydroxyl groups excluding tert-OH is 1. The molecule has 0 saturated carbocycles. The monoisotopic (exact) mass is 425 g/mol. The van der Waals surface area contributed by atoms with E-state index in [-0.39, 0.29) is 18.9 Å². The molecule has 1 aromatic carbocycles. The third-order valence-corrected chi connectivity index (χ3v) is 7.02. The number of rotatable bonds is 4. The summed E-state index contributed by atoms with van der Waals surface area (Å²) in [5, 5.41) is 20.6. The molecule has 9 heteroatoms. The summed E-state index contributed by atoms with van der Waals surface area (Å²) in [6.45, 7) is 1.92. The molecule has 5 atom stereocenters. The molecule has 154 valence electrons. The van der Waals surface area contributed by atoms with Gasteiger partial charge in [0.15, 0.2) is 0 Å². The number of nitrogens with zero attached hydrogens (tertiary/aromatic N) is 3. The van der Waals surface area contributed by atoms with Crippen molar-refractivity contribution in [3.63, 3.8) is 0 Å². The average Bonchev–Trinajstić information content (AvgIpc) is 3.28. The van der Waals surface area contributed by atoms with Gasteiger partial charge < -0.3 is 14.0 Å². The van der Waals surface area contributed by atoms with Gasteiger partial charge in [-0.1, -0.05) is 0 Å². The van der Waals surface area contributed by atoms with Crippen LogP contribution in [0.3, 0.4) is 0 Å². The van der Waals surface area contributed by atoms with E-state index in [9.17, 15) is 20.0 Å². The number of carbonyl (C=O) groups is 2. The number of thiol groups is 1. The smallest absolute Gasteiger partial charge is 0.240 e. The van der Waals surface area contributed by atoms with Crippen LogP contribution >= 0.6 is 12.9 Å². The molecule has 0 radical (unpaired) electrons. The van der Waals surface area contributed by atoms with Gasteiger partial charge in [-0.25, -0.2) is 4.90 Å². The van der Waals surface area contributed by atoms with E-state index in [1.165, 1.54) is 4.90 Å². The number of aliphatic hydroxyl groups is 1. The van der Waals surface area contributed by atoms with Crippen LogP contribution in [0.4, 0.5) is 5.69 Å². The molecule has 0 aliphatic carbocycles. The predicted molar refractivity (Wildman–Crippen MR) is 108 cm³/mol. The standard InChI is InChI=1S/C21H19N3O5S/c1-20-14(25)9-21(29-20,6-8-28-30)16-15(20)18(26)24(19(16)27)13-5-4-11(10-22)17-12(13)3-2-7-23-17/h2-5,7,14-16,25,30H,6,8-9H2,1H3/t14-,15-,16+,20+,21?/m0/s1. The van der Waals surface area contributed by atoms with Crippen molar-refractivity contribution < 1.29 is 23.6 Å². The van der Waals surface area contributed by atoms with Crippen LogP contribution in [-0.2, 0) is 18.5 Å². The Hall–Kier alpha value is -2.51. The van der Waals surface area contributed by atoms with Gasteiger partial charge in [-0.3, -0.25) is 14.6 Å². The van der Waals surface area contributed by atoms with Crippen molar-refractivity contribution >= 4 is 41.3 Å². The zero-order chi connectivity index (χ0) is 21.3. The highest BCUT2D eigenvalue weighted by Gasteiger charge is 2.76. The topological polar surface area (TPSA) is 113 Å². The van der Waals surface area contributed by atoms with Crippen LogP contribution in [0.2, 0.25) is 0 Å². The van der Waals surface area contributed by atoms with E-state index in [2.05, 4.69) is 24.0 Å². The summed E-state index contributed by atoms with van der Waals surface area (Å²) in [6.07, 6.45) is 1.29. The quantitative estimate of drug-likeness (QED) is 0.436. The van der Waals surface area contributed by atoms with Gasteiger partial charge in [0, 0.05) is 24.4 Å². The first-order valence-electron chi connectivity index (χ1n) is 9.68. The number of anilines is 1. The van der Waals surface area contributed by atoms with E-state index >= 15 is 0 Å². The van der Waals surface area contributed by atoms with Crippen molar-refractivity contribution in [2.24, 2.45) is 11.8 Å². The van der Waals surface area contributed by atoms with Gasteiger partial charge in [-0.2, -0.15) is 5.26 Å². The van der Waals surface area contributed by atoms with Crippen LogP contribution in [0.15, 0.2) is 30.5 Å². The number of pyridine rings is 1. The number of ether oxygens (including phenoxy) is 1. The van der Waals surface area contributed by atoms with E-state index in [4.69, 9.17) is 8.92 Å². The molecular formula is C21H19N3O5S. The summed E-state index contributed by atoms with van der Waals surface area (Å²) in [5.74, 6) is -2.29. The average molecular weight is 425 g/mol. The number of amides is 2. The molecule has 0 spiro atoms. The summed E-state index contributed by atoms with van der Waals surface area (Å²) in [6, 6.07) is 8.68. The molecular weight excluding hydrogens is 406 g/mol. The van der Waals surface area contributed by atoms with Crippen LogP contribution in [0, 0.1) is 23.2 Å². The summed E-state index contributed by atoms with van der Waals surface area (Å²) in [5.41, 5.74) is -0.951. The van der Waals surface area contributed by atoms with Crippen LogP contribution in [0.1, 0.15) is 25.3 Å². The minimum absolute atomic E-state index is 0.223. The Kier molecular flexibility index (Phi) is 4.21. The second kappa shape index (κ2) is 6.49. The van der Waals surface area contributed by atoms with Gasteiger partial charge >= 0.3 is 0 Å². The van der Waals surface area contributed by atoms with Gasteiger partial charge in [0.25, 0.3) is 0 Å². The lowest BCUT2D eigenvalue weighted by molar-refractivity contribution is -0.133. The lowest BCUT2D eigenvalue weighted by Crippen LogP contribution is -2.49. The first-order chi connectivity index (χ1) is 14.4. The second-order valence-electron chi connectivity index (χ2n) is 8.26. The molecule has 2 bridgehead atoms. The van der Waals surface area contributed by atoms with E-state index < -0.39 is 35.0 Å². The summed E-state index contributed by atoms with van der Waals surface area (Å²) < 4.78 is 11.1. The van der Waals surface area contributed by atoms with Gasteiger partial charge in [0.05, 0.1) is 46.9 Å². The summed E-state index contributed by atoms with van der Waals surface area (Å²) >= 11 is 3.78. The molecule has 4 heterocycles. The lowest BCUT2D eigenvalue weighted by atomic mass is 9.66. The number of benzene rings is 1. The van der Waals surface area contributed by atoms with Gasteiger partial charge in [-0.15, -0.1) is 0 Å². The third kappa shape index (κ3) is 2.30. The fraction of sp³-hybridized carbons (Fsp3) is 0.429. The molecule has 1 unspecified atom stereocenters. The van der Waals surface area contributed by atoms with Gasteiger partial charge in [0.2, 0.25) is 11.8 Å². The van der Waals surface area contributed by atoms with E-state index in [0.29, 0.717) is 28.6 Å². The largest absolute Gasteiger partial charge is 0.390 e. The minimum Gasteiger partial charge on any atom is -0.390 e. The molecule has 1 aromatic heterocycles. The van der Waals surface area contributed by atoms with Gasteiger partial charge in [0.1, 0.15) is 11.7 Å². The Bertz CT molecular complexity index is 1130. The molecule has 30 heavy (non-hydrogen) atoms. The number of aromatic nitrogens is 1. The Labute approximate surface area is 178 Å². The zero-order valence-electron chi connectivity index (χ0n) is 16.1. The van der Waals surface area contributed by atoms with Crippen molar-refractivity contribution in [3.05, 3.63) is 36.0 Å². The number of hydrogen-bond acceptors (Lipinski definition) is 8. The molecule has 3 aliphatic heterocycles. The van der Waals surface area contributed by atoms with E-state index in [1.54, 1.807) is 37.4 Å². The lowest BCUT2D eigenvalue weighted by Gasteiger charge is -2.33. The molecule has 1 N–H and O–H groups in total. The summed E-state index contributed by atoms with van der Waals surface area (Å²) in [4.78, 5) is 32.6. The maximum Gasteiger partial charge on any atom is 0.240 e. The van der Waals surface area contributed by atoms with Crippen molar-refractivity contribution in [1.29, 1.82) is 5.26 Å². The van der Waals surface area contributed by atoms with Crippen LogP contribution < -0.4 is 4.90 Å². The van der Waals surface area contributed by atoms with Crippen molar-refractivity contribution in [3.8, 4) is 6.07 Å². The fourth-order valence-corrected chi connectivity index (χ4v) is 5.61. The number of fused-ring (bicyclic) bond motifs is 6. The number of hydrogen-bond donors (Lipinski definition) is 2. The highest BCUT2D eigenvalue weighted by atomic mass is 32.1. The maximum absolute atomic E-state index is 13.6. The van der Waals surface area contributed by atoms with Crippen LogP contribution in [-0.4, -0.2) is 45.8 Å². The first-order valence-corrected chi connectivity index (χ1v) is 10.0. The molecule has 8 nitrogen and oxygen atoms in total. The highest BCUT2D eigenvalue weighted by molar-refractivity contribution is 7.75. The number of nitriles is 1. The third-order valence-electron chi connectivity index (χ3n) is 6.84. The second-order valence-corrected chi connectivity index (χ2v) is 8.52. The molecule has 3 fully saturated rings. The molecule has 2 aromatic rings.